The smallest absolute Gasteiger partial charge is 0.341 e. The SMILES string of the molecule is Cc1nn2c(Cl)c3c(nc2c1C(=O)O)CCC3. The minimum Gasteiger partial charge on any atom is -0.477 e. The fourth-order valence-electron chi connectivity index (χ4n) is 2.33. The van der Waals surface area contributed by atoms with E-state index in [0.29, 0.717) is 16.5 Å². The molecule has 88 valence electrons. The summed E-state index contributed by atoms with van der Waals surface area (Å²) in [6.45, 7) is 1.65. The summed E-state index contributed by atoms with van der Waals surface area (Å²) in [5.41, 5.74) is 2.83. The molecule has 2 heterocycles. The van der Waals surface area contributed by atoms with E-state index in [2.05, 4.69) is 10.1 Å². The Labute approximate surface area is 102 Å². The van der Waals surface area contributed by atoms with E-state index in [1.807, 2.05) is 0 Å². The van der Waals surface area contributed by atoms with Crippen LogP contribution >= 0.6 is 11.6 Å². The Balaban J connectivity index is 2.43. The minimum atomic E-state index is -1.01. The predicted molar refractivity (Wildman–Crippen MR) is 61.7 cm³/mol. The van der Waals surface area contributed by atoms with E-state index in [1.54, 1.807) is 6.92 Å². The van der Waals surface area contributed by atoms with Gasteiger partial charge in [0.1, 0.15) is 10.7 Å². The molecule has 0 radical (unpaired) electrons. The Morgan fingerprint density at radius 3 is 2.94 bits per heavy atom. The lowest BCUT2D eigenvalue weighted by atomic mass is 10.2. The highest BCUT2D eigenvalue weighted by Gasteiger charge is 2.24. The van der Waals surface area contributed by atoms with Gasteiger partial charge in [-0.15, -0.1) is 0 Å². The molecule has 0 aliphatic heterocycles. The van der Waals surface area contributed by atoms with E-state index in [9.17, 15) is 4.79 Å². The molecule has 0 fully saturated rings. The average molecular weight is 252 g/mol. The summed E-state index contributed by atoms with van der Waals surface area (Å²) in [5, 5.41) is 13.8. The molecule has 0 saturated heterocycles. The Kier molecular flexibility index (Phi) is 2.13. The van der Waals surface area contributed by atoms with Crippen LogP contribution in [0, 0.1) is 6.92 Å². The second-order valence-electron chi connectivity index (χ2n) is 4.18. The van der Waals surface area contributed by atoms with Crippen LogP contribution in [-0.2, 0) is 12.8 Å². The van der Waals surface area contributed by atoms with Crippen molar-refractivity contribution in [2.75, 3.05) is 0 Å². The first-order valence-corrected chi connectivity index (χ1v) is 5.77. The molecule has 17 heavy (non-hydrogen) atoms. The number of hydrogen-bond donors (Lipinski definition) is 1. The molecule has 1 aliphatic carbocycles. The molecule has 0 unspecified atom stereocenters. The molecule has 2 aromatic rings. The van der Waals surface area contributed by atoms with Gasteiger partial charge in [0.25, 0.3) is 0 Å². The van der Waals surface area contributed by atoms with Crippen molar-refractivity contribution in [3.63, 3.8) is 0 Å². The average Bonchev–Trinajstić information content (AvgIpc) is 2.82. The van der Waals surface area contributed by atoms with Crippen LogP contribution in [0.4, 0.5) is 0 Å². The van der Waals surface area contributed by atoms with E-state index in [-0.39, 0.29) is 5.56 Å². The van der Waals surface area contributed by atoms with Gasteiger partial charge in [0.15, 0.2) is 5.65 Å². The molecule has 0 spiro atoms. The van der Waals surface area contributed by atoms with Gasteiger partial charge in [-0.2, -0.15) is 5.10 Å². The van der Waals surface area contributed by atoms with E-state index in [1.165, 1.54) is 4.52 Å². The molecular formula is C11H10ClN3O2. The molecule has 5 nitrogen and oxygen atoms in total. The zero-order valence-corrected chi connectivity index (χ0v) is 9.95. The summed E-state index contributed by atoms with van der Waals surface area (Å²) >= 11 is 6.24. The van der Waals surface area contributed by atoms with Crippen molar-refractivity contribution in [3.8, 4) is 0 Å². The summed E-state index contributed by atoms with van der Waals surface area (Å²) in [6.07, 6.45) is 2.75. The first-order chi connectivity index (χ1) is 8.09. The van der Waals surface area contributed by atoms with Crippen LogP contribution in [0.1, 0.15) is 33.7 Å². The van der Waals surface area contributed by atoms with Gasteiger partial charge in [0.2, 0.25) is 0 Å². The monoisotopic (exact) mass is 251 g/mol. The van der Waals surface area contributed by atoms with Gasteiger partial charge in [-0.05, 0) is 26.2 Å². The molecule has 3 rings (SSSR count). The maximum Gasteiger partial charge on any atom is 0.341 e. The maximum absolute atomic E-state index is 11.2. The number of carboxylic acid groups (broad SMARTS) is 1. The van der Waals surface area contributed by atoms with Crippen LogP contribution < -0.4 is 0 Å². The Hall–Kier alpha value is -1.62. The van der Waals surface area contributed by atoms with Gasteiger partial charge in [-0.25, -0.2) is 14.3 Å². The Morgan fingerprint density at radius 1 is 1.47 bits per heavy atom. The normalized spacial score (nSPS) is 14.2. The number of hydrogen-bond acceptors (Lipinski definition) is 3. The van der Waals surface area contributed by atoms with Gasteiger partial charge >= 0.3 is 5.97 Å². The van der Waals surface area contributed by atoms with E-state index < -0.39 is 5.97 Å². The number of carbonyl (C=O) groups is 1. The van der Waals surface area contributed by atoms with Crippen molar-refractivity contribution in [3.05, 3.63) is 27.7 Å². The zero-order chi connectivity index (χ0) is 12.2. The number of aryl methyl sites for hydroxylation is 2. The van der Waals surface area contributed by atoms with E-state index >= 15 is 0 Å². The first-order valence-electron chi connectivity index (χ1n) is 5.39. The van der Waals surface area contributed by atoms with E-state index in [4.69, 9.17) is 16.7 Å². The quantitative estimate of drug-likeness (QED) is 0.786. The summed E-state index contributed by atoms with van der Waals surface area (Å²) in [7, 11) is 0. The zero-order valence-electron chi connectivity index (χ0n) is 9.20. The molecule has 0 amide bonds. The highest BCUT2D eigenvalue weighted by molar-refractivity contribution is 6.30. The molecular weight excluding hydrogens is 242 g/mol. The van der Waals surface area contributed by atoms with Crippen LogP contribution in [0.3, 0.4) is 0 Å². The maximum atomic E-state index is 11.2. The molecule has 1 N–H and O–H groups in total. The standard InChI is InChI=1S/C11H10ClN3O2/c1-5-8(11(16)17)10-13-7-4-2-3-6(7)9(12)15(10)14-5/h2-4H2,1H3,(H,16,17). The lowest BCUT2D eigenvalue weighted by Gasteiger charge is -2.04. The minimum absolute atomic E-state index is 0.140. The van der Waals surface area contributed by atoms with Gasteiger partial charge in [-0.3, -0.25) is 0 Å². The third-order valence-corrected chi connectivity index (χ3v) is 3.50. The van der Waals surface area contributed by atoms with Crippen molar-refractivity contribution in [1.82, 2.24) is 14.6 Å². The van der Waals surface area contributed by atoms with Crippen molar-refractivity contribution in [2.45, 2.75) is 26.2 Å². The summed E-state index contributed by atoms with van der Waals surface area (Å²) in [4.78, 5) is 15.6. The van der Waals surface area contributed by atoms with Crippen molar-refractivity contribution in [2.24, 2.45) is 0 Å². The number of aromatic carboxylic acids is 1. The van der Waals surface area contributed by atoms with Crippen molar-refractivity contribution >= 4 is 23.2 Å². The highest BCUT2D eigenvalue weighted by Crippen LogP contribution is 2.29. The first kappa shape index (κ1) is 10.5. The fourth-order valence-corrected chi connectivity index (χ4v) is 2.66. The number of aromatic nitrogens is 3. The van der Waals surface area contributed by atoms with Gasteiger partial charge in [0, 0.05) is 11.3 Å². The van der Waals surface area contributed by atoms with Gasteiger partial charge in [-0.1, -0.05) is 11.6 Å². The summed E-state index contributed by atoms with van der Waals surface area (Å²) < 4.78 is 1.44. The third-order valence-electron chi connectivity index (χ3n) is 3.11. The summed E-state index contributed by atoms with van der Waals surface area (Å²) in [5.74, 6) is -1.01. The van der Waals surface area contributed by atoms with Crippen LogP contribution in [-0.4, -0.2) is 25.7 Å². The van der Waals surface area contributed by atoms with Crippen LogP contribution in [0.2, 0.25) is 5.15 Å². The number of nitrogens with zero attached hydrogens (tertiary/aromatic N) is 3. The van der Waals surface area contributed by atoms with Gasteiger partial charge in [0.05, 0.1) is 5.69 Å². The molecule has 1 aliphatic rings. The van der Waals surface area contributed by atoms with Crippen LogP contribution in [0.25, 0.3) is 5.65 Å². The molecule has 6 heteroatoms. The topological polar surface area (TPSA) is 67.5 Å². The predicted octanol–water partition coefficient (Wildman–Crippen LogP) is 1.88. The Morgan fingerprint density at radius 2 is 2.24 bits per heavy atom. The number of rotatable bonds is 1. The van der Waals surface area contributed by atoms with E-state index in [0.717, 1.165) is 30.5 Å². The highest BCUT2D eigenvalue weighted by atomic mass is 35.5. The number of carboxylic acids is 1. The number of halogens is 1. The largest absolute Gasteiger partial charge is 0.477 e. The van der Waals surface area contributed by atoms with Crippen molar-refractivity contribution < 1.29 is 9.90 Å². The Bertz CT molecular complexity index is 648. The van der Waals surface area contributed by atoms with Crippen molar-refractivity contribution in [1.29, 1.82) is 0 Å². The number of fused-ring (bicyclic) bond motifs is 2. The molecule has 0 saturated carbocycles. The molecule has 0 bridgehead atoms. The molecule has 0 aromatic carbocycles. The van der Waals surface area contributed by atoms with Gasteiger partial charge < -0.3 is 5.11 Å². The summed E-state index contributed by atoms with van der Waals surface area (Å²) in [6, 6.07) is 0. The molecule has 0 atom stereocenters. The lowest BCUT2D eigenvalue weighted by Crippen LogP contribution is -2.03. The molecule has 2 aromatic heterocycles. The fraction of sp³-hybridized carbons (Fsp3) is 0.364. The lowest BCUT2D eigenvalue weighted by molar-refractivity contribution is 0.0698. The third kappa shape index (κ3) is 1.35. The second kappa shape index (κ2) is 3.43. The van der Waals surface area contributed by atoms with Crippen LogP contribution in [0.15, 0.2) is 0 Å². The van der Waals surface area contributed by atoms with Crippen LogP contribution in [0.5, 0.6) is 0 Å². The second-order valence-corrected chi connectivity index (χ2v) is 4.54.